The zero-order valence-electron chi connectivity index (χ0n) is 13.6. The van der Waals surface area contributed by atoms with Gasteiger partial charge in [-0.3, -0.25) is 0 Å². The molecule has 6 nitrogen and oxygen atoms in total. The Hall–Kier alpha value is -1.63. The average Bonchev–Trinajstić information content (AvgIpc) is 2.53. The summed E-state index contributed by atoms with van der Waals surface area (Å²) in [5.41, 5.74) is 0.351. The van der Waals surface area contributed by atoms with E-state index in [0.717, 1.165) is 5.56 Å². The van der Waals surface area contributed by atoms with Gasteiger partial charge in [-0.05, 0) is 37.5 Å². The van der Waals surface area contributed by atoms with Gasteiger partial charge in [0.15, 0.2) is 0 Å². The molecule has 128 valence electrons. The molecule has 1 unspecified atom stereocenters. The lowest BCUT2D eigenvalue weighted by Gasteiger charge is -2.33. The van der Waals surface area contributed by atoms with Crippen molar-refractivity contribution in [1.29, 1.82) is 0 Å². The van der Waals surface area contributed by atoms with E-state index in [1.54, 1.807) is 18.2 Å². The second-order valence-electron chi connectivity index (χ2n) is 5.98. The Morgan fingerprint density at radius 1 is 1.39 bits per heavy atom. The summed E-state index contributed by atoms with van der Waals surface area (Å²) < 4.78 is 15.5. The van der Waals surface area contributed by atoms with Crippen LogP contribution in [-0.4, -0.2) is 54.8 Å². The predicted molar refractivity (Wildman–Crippen MR) is 83.6 cm³/mol. The second kappa shape index (κ2) is 7.77. The third-order valence-corrected chi connectivity index (χ3v) is 4.08. The molecule has 0 amide bonds. The van der Waals surface area contributed by atoms with Gasteiger partial charge in [-0.1, -0.05) is 6.07 Å². The lowest BCUT2D eigenvalue weighted by atomic mass is 9.88. The van der Waals surface area contributed by atoms with E-state index in [-0.39, 0.29) is 13.0 Å². The number of aliphatic hydroxyl groups is 2. The van der Waals surface area contributed by atoms with Crippen LogP contribution in [0.15, 0.2) is 18.2 Å². The van der Waals surface area contributed by atoms with Crippen LogP contribution in [-0.2, 0) is 9.47 Å². The fraction of sp³-hybridized carbons (Fsp3) is 0.588. The van der Waals surface area contributed by atoms with Crippen molar-refractivity contribution in [1.82, 2.24) is 0 Å². The molecule has 0 aliphatic carbocycles. The number of methoxy groups -OCH3 is 1. The van der Waals surface area contributed by atoms with Crippen molar-refractivity contribution in [3.8, 4) is 5.75 Å². The third-order valence-electron chi connectivity index (χ3n) is 4.08. The molecule has 23 heavy (non-hydrogen) atoms. The molecule has 1 atom stereocenters. The molecule has 1 aromatic rings. The Labute approximate surface area is 136 Å². The van der Waals surface area contributed by atoms with Crippen molar-refractivity contribution in [2.24, 2.45) is 0 Å². The maximum Gasteiger partial charge on any atom is 0.337 e. The Balaban J connectivity index is 1.93. The van der Waals surface area contributed by atoms with Gasteiger partial charge in [-0.25, -0.2) is 4.79 Å². The molecular formula is C17H24O6. The summed E-state index contributed by atoms with van der Waals surface area (Å²) in [5.74, 6) is 0.0813. The van der Waals surface area contributed by atoms with E-state index in [1.165, 1.54) is 7.11 Å². The first-order chi connectivity index (χ1) is 10.9. The highest BCUT2D eigenvalue weighted by Gasteiger charge is 2.32. The summed E-state index contributed by atoms with van der Waals surface area (Å²) in [4.78, 5) is 11.5. The van der Waals surface area contributed by atoms with Crippen molar-refractivity contribution in [3.05, 3.63) is 29.3 Å². The first-order valence-electron chi connectivity index (χ1n) is 7.73. The van der Waals surface area contributed by atoms with E-state index in [2.05, 4.69) is 4.74 Å². The minimum absolute atomic E-state index is 0.0502. The van der Waals surface area contributed by atoms with Crippen molar-refractivity contribution in [2.45, 2.75) is 37.9 Å². The van der Waals surface area contributed by atoms with Gasteiger partial charge >= 0.3 is 5.97 Å². The van der Waals surface area contributed by atoms with Gasteiger partial charge in [-0.15, -0.1) is 0 Å². The van der Waals surface area contributed by atoms with Crippen molar-refractivity contribution in [3.63, 3.8) is 0 Å². The van der Waals surface area contributed by atoms with E-state index in [4.69, 9.17) is 9.47 Å². The number of benzene rings is 1. The Bertz CT molecular complexity index is 536. The summed E-state index contributed by atoms with van der Waals surface area (Å²) in [6.45, 7) is 2.91. The van der Waals surface area contributed by atoms with Crippen LogP contribution >= 0.6 is 0 Å². The molecule has 0 radical (unpaired) electrons. The molecule has 0 bridgehead atoms. The minimum atomic E-state index is -0.899. The number of ether oxygens (including phenoxy) is 3. The summed E-state index contributed by atoms with van der Waals surface area (Å²) in [6.07, 6.45) is 0.479. The van der Waals surface area contributed by atoms with Crippen LogP contribution in [0.25, 0.3) is 0 Å². The van der Waals surface area contributed by atoms with Crippen LogP contribution in [0.4, 0.5) is 0 Å². The van der Waals surface area contributed by atoms with Crippen LogP contribution in [0.3, 0.4) is 0 Å². The van der Waals surface area contributed by atoms with Crippen LogP contribution in [0.2, 0.25) is 0 Å². The number of hydrogen-bond donors (Lipinski definition) is 2. The molecule has 6 heteroatoms. The fourth-order valence-electron chi connectivity index (χ4n) is 2.64. The van der Waals surface area contributed by atoms with Gasteiger partial charge < -0.3 is 24.4 Å². The highest BCUT2D eigenvalue weighted by molar-refractivity contribution is 5.89. The number of aliphatic hydroxyl groups excluding tert-OH is 1. The highest BCUT2D eigenvalue weighted by Crippen LogP contribution is 2.26. The average molecular weight is 324 g/mol. The fourth-order valence-corrected chi connectivity index (χ4v) is 2.64. The number of esters is 1. The summed E-state index contributed by atoms with van der Waals surface area (Å²) in [5, 5.41) is 20.5. The van der Waals surface area contributed by atoms with Gasteiger partial charge in [0.05, 0.1) is 24.4 Å². The van der Waals surface area contributed by atoms with E-state index < -0.39 is 17.7 Å². The van der Waals surface area contributed by atoms with Crippen LogP contribution < -0.4 is 4.74 Å². The standard InChI is InChI=1S/C17H24O6/c1-12-3-4-13(16(19)21-2)9-15(12)23-11-14(18)10-17(20)5-7-22-8-6-17/h3-4,9,14,18,20H,5-8,10-11H2,1-2H3. The normalized spacial score (nSPS) is 18.3. The Kier molecular flexibility index (Phi) is 5.98. The molecular weight excluding hydrogens is 300 g/mol. The van der Waals surface area contributed by atoms with Crippen molar-refractivity contribution < 1.29 is 29.2 Å². The number of rotatable bonds is 6. The molecule has 1 aliphatic heterocycles. The monoisotopic (exact) mass is 324 g/mol. The van der Waals surface area contributed by atoms with Gasteiger partial charge in [0.25, 0.3) is 0 Å². The minimum Gasteiger partial charge on any atom is -0.491 e. The van der Waals surface area contributed by atoms with E-state index >= 15 is 0 Å². The van der Waals surface area contributed by atoms with Gasteiger partial charge in [-0.2, -0.15) is 0 Å². The number of carbonyl (C=O) groups excluding carboxylic acids is 1. The van der Waals surface area contributed by atoms with Crippen LogP contribution in [0.1, 0.15) is 35.2 Å². The zero-order valence-corrected chi connectivity index (χ0v) is 13.6. The second-order valence-corrected chi connectivity index (χ2v) is 5.98. The maximum absolute atomic E-state index is 11.5. The van der Waals surface area contributed by atoms with Gasteiger partial charge in [0, 0.05) is 19.6 Å². The lowest BCUT2D eigenvalue weighted by molar-refractivity contribution is -0.0906. The van der Waals surface area contributed by atoms with Crippen LogP contribution in [0.5, 0.6) is 5.75 Å². The highest BCUT2D eigenvalue weighted by atomic mass is 16.5. The van der Waals surface area contributed by atoms with Crippen molar-refractivity contribution in [2.75, 3.05) is 26.9 Å². The molecule has 1 fully saturated rings. The molecule has 1 aliphatic rings. The summed E-state index contributed by atoms with van der Waals surface area (Å²) >= 11 is 0. The summed E-state index contributed by atoms with van der Waals surface area (Å²) in [7, 11) is 1.32. The SMILES string of the molecule is COC(=O)c1ccc(C)c(OCC(O)CC2(O)CCOCC2)c1. The van der Waals surface area contributed by atoms with E-state index in [1.807, 2.05) is 6.92 Å². The molecule has 1 aromatic carbocycles. The third kappa shape index (κ3) is 4.92. The first-order valence-corrected chi connectivity index (χ1v) is 7.73. The molecule has 0 saturated carbocycles. The molecule has 1 saturated heterocycles. The smallest absolute Gasteiger partial charge is 0.337 e. The predicted octanol–water partition coefficient (Wildman–Crippen LogP) is 1.45. The molecule has 2 rings (SSSR count). The van der Waals surface area contributed by atoms with Gasteiger partial charge in [0.2, 0.25) is 0 Å². The van der Waals surface area contributed by atoms with E-state index in [0.29, 0.717) is 37.4 Å². The summed E-state index contributed by atoms with van der Waals surface area (Å²) in [6, 6.07) is 5.02. The topological polar surface area (TPSA) is 85.2 Å². The molecule has 0 aromatic heterocycles. The number of carbonyl (C=O) groups is 1. The largest absolute Gasteiger partial charge is 0.491 e. The Morgan fingerprint density at radius 3 is 2.74 bits per heavy atom. The number of hydrogen-bond acceptors (Lipinski definition) is 6. The first kappa shape index (κ1) is 17.7. The lowest BCUT2D eigenvalue weighted by Crippen LogP contribution is -2.40. The Morgan fingerprint density at radius 2 is 2.09 bits per heavy atom. The van der Waals surface area contributed by atoms with E-state index in [9.17, 15) is 15.0 Å². The maximum atomic E-state index is 11.5. The quantitative estimate of drug-likeness (QED) is 0.771. The molecule has 0 spiro atoms. The molecule has 2 N–H and O–H groups in total. The zero-order chi connectivity index (χ0) is 16.9. The van der Waals surface area contributed by atoms with Crippen LogP contribution in [0, 0.1) is 6.92 Å². The number of aryl methyl sites for hydroxylation is 1. The molecule has 1 heterocycles. The van der Waals surface area contributed by atoms with Gasteiger partial charge in [0.1, 0.15) is 12.4 Å². The van der Waals surface area contributed by atoms with Crippen molar-refractivity contribution >= 4 is 5.97 Å².